The zero-order valence-corrected chi connectivity index (χ0v) is 24.3. The molecule has 0 bridgehead atoms. The maximum Gasteiger partial charge on any atom is 0.330 e. The topological polar surface area (TPSA) is 260 Å². The van der Waals surface area contributed by atoms with Crippen LogP contribution >= 0.6 is 26.0 Å². The fraction of sp³-hybridized carbons (Fsp3) is 0.550. The number of halogens is 1. The molecule has 234 valence electrons. The zero-order valence-electron chi connectivity index (χ0n) is 21.7. The highest BCUT2D eigenvalue weighted by atomic mass is 32.7. The molecule has 19 nitrogen and oxygen atoms in total. The van der Waals surface area contributed by atoms with Gasteiger partial charge in [0.25, 0.3) is 13.4 Å². The molecule has 3 fully saturated rings. The number of hydrogen-bond donors (Lipinski definition) is 2. The Kier molecular flexibility index (Phi) is 8.10. The van der Waals surface area contributed by atoms with E-state index in [0.717, 1.165) is 34.1 Å². The highest BCUT2D eigenvalue weighted by Crippen LogP contribution is 2.57. The largest absolute Gasteiger partial charge is 0.770 e. The summed E-state index contributed by atoms with van der Waals surface area (Å²) >= 11 is 0.217. The molecule has 10 atom stereocenters. The van der Waals surface area contributed by atoms with E-state index in [2.05, 4.69) is 15.0 Å². The van der Waals surface area contributed by atoms with Crippen LogP contribution in [0.2, 0.25) is 0 Å². The first-order valence-electron chi connectivity index (χ1n) is 12.4. The van der Waals surface area contributed by atoms with E-state index in [1.54, 1.807) is 0 Å². The summed E-state index contributed by atoms with van der Waals surface area (Å²) < 4.78 is 76.2. The fourth-order valence-corrected chi connectivity index (χ4v) is 8.62. The molecule has 3 aromatic heterocycles. The summed E-state index contributed by atoms with van der Waals surface area (Å²) in [6, 6.07) is 1.02. The van der Waals surface area contributed by atoms with E-state index in [-0.39, 0.29) is 28.4 Å². The molecular weight excluding hydrogens is 643 g/mol. The Hall–Kier alpha value is -2.55. The molecule has 0 radical (unpaired) electrons. The van der Waals surface area contributed by atoms with Crippen molar-refractivity contribution in [1.82, 2.24) is 29.1 Å². The predicted octanol–water partition coefficient (Wildman–Crippen LogP) is -1.42. The third-order valence-corrected chi connectivity index (χ3v) is 10.8. The van der Waals surface area contributed by atoms with Crippen LogP contribution < -0.4 is 26.8 Å². The number of alkyl halides is 1. The number of phosphoric ester groups is 1. The number of aromatic amines is 1. The average molecular weight is 665 g/mol. The molecule has 3 aromatic rings. The van der Waals surface area contributed by atoms with Gasteiger partial charge in [0.05, 0.1) is 19.0 Å². The quantitative estimate of drug-likeness (QED) is 0.304. The van der Waals surface area contributed by atoms with Crippen LogP contribution in [0.1, 0.15) is 12.5 Å². The summed E-state index contributed by atoms with van der Waals surface area (Å²) in [6.07, 6.45) is -9.28. The van der Waals surface area contributed by atoms with Crippen molar-refractivity contribution in [2.45, 2.75) is 49.1 Å². The van der Waals surface area contributed by atoms with Crippen molar-refractivity contribution in [1.29, 1.82) is 0 Å². The lowest BCUT2D eigenvalue weighted by Crippen LogP contribution is -2.41. The minimum atomic E-state index is -5.31. The normalized spacial score (nSPS) is 38.7. The Morgan fingerprint density at radius 3 is 2.63 bits per heavy atom. The van der Waals surface area contributed by atoms with Gasteiger partial charge in [0, 0.05) is 25.1 Å². The number of nitrogen functional groups attached to an aromatic ring is 1. The summed E-state index contributed by atoms with van der Waals surface area (Å²) in [6.45, 7) is -5.75. The number of H-pyrrole nitrogens is 1. The van der Waals surface area contributed by atoms with Crippen molar-refractivity contribution in [2.75, 3.05) is 25.2 Å². The van der Waals surface area contributed by atoms with Crippen LogP contribution in [0.3, 0.4) is 0 Å². The van der Waals surface area contributed by atoms with Gasteiger partial charge >= 0.3 is 5.69 Å². The number of rotatable bonds is 3. The Balaban J connectivity index is 1.29. The summed E-state index contributed by atoms with van der Waals surface area (Å²) in [4.78, 5) is 63.8. The van der Waals surface area contributed by atoms with E-state index in [4.69, 9.17) is 33.5 Å². The molecule has 6 rings (SSSR count). The first-order chi connectivity index (χ1) is 20.4. The Morgan fingerprint density at radius 2 is 1.88 bits per heavy atom. The molecule has 0 amide bonds. The SMILES string of the molecule is CO[C@@H]1[C@@H]2OP(=O)([O-])SC[C@H]3O[C@@H](n4cnc5c(N)ncnc54)[C@H](F)[C@@H]3OP(=O)([O-])OC[C@H]2O[C@H]1n1ccc(=O)[nH]c1=O. The molecule has 3 N–H and O–H groups in total. The number of hydrogen-bond acceptors (Lipinski definition) is 17. The van der Waals surface area contributed by atoms with Gasteiger partial charge in [-0.05, 0) is 0 Å². The molecule has 43 heavy (non-hydrogen) atoms. The number of nitrogens with two attached hydrogens (primary N) is 1. The smallest absolute Gasteiger partial charge is 0.330 e. The van der Waals surface area contributed by atoms with Gasteiger partial charge in [-0.25, -0.2) is 24.1 Å². The van der Waals surface area contributed by atoms with Gasteiger partial charge in [0.2, 0.25) is 0 Å². The number of nitrogens with one attached hydrogen (secondary N) is 1. The van der Waals surface area contributed by atoms with Crippen LogP contribution in [0.25, 0.3) is 11.2 Å². The number of ether oxygens (including phenoxy) is 3. The lowest BCUT2D eigenvalue weighted by molar-refractivity contribution is -0.235. The number of nitrogens with zero attached hydrogens (tertiary/aromatic N) is 5. The van der Waals surface area contributed by atoms with Gasteiger partial charge in [0.1, 0.15) is 36.3 Å². The number of anilines is 1. The molecule has 0 aromatic carbocycles. The van der Waals surface area contributed by atoms with Gasteiger partial charge < -0.3 is 43.3 Å². The van der Waals surface area contributed by atoms with Gasteiger partial charge in [-0.1, -0.05) is 11.4 Å². The number of aromatic nitrogens is 6. The highest BCUT2D eigenvalue weighted by molar-refractivity contribution is 8.54. The van der Waals surface area contributed by atoms with Crippen LogP contribution in [-0.4, -0.2) is 85.2 Å². The van der Waals surface area contributed by atoms with E-state index in [9.17, 15) is 28.5 Å². The average Bonchev–Trinajstić information content (AvgIpc) is 3.60. The number of methoxy groups -OCH3 is 1. The standard InChI is InChI=1S/C20H24FN7O12P2S/c1-35-15-14-8(37-19(15)27-3-2-10(29)26-20(27)30)4-36-41(31,32)39-13-9(5-43-42(33,34)40-14)38-18(11(13)21)28-7-25-12-16(22)23-6-24-17(12)28/h2-3,6-9,11,13-15,18-19H,4-5H2,1H3,(H,31,32)(H,33,34)(H2,22,23,24)(H,26,29,30)/p-2/t8-,9-,11-,13-,14-,15-,18-,19-/m1/s1. The Labute approximate surface area is 243 Å². The van der Waals surface area contributed by atoms with E-state index >= 15 is 4.39 Å². The van der Waals surface area contributed by atoms with Gasteiger partial charge in [-0.2, -0.15) is 0 Å². The summed E-state index contributed by atoms with van der Waals surface area (Å²) in [5.74, 6) is -0.530. The maximum absolute atomic E-state index is 15.8. The summed E-state index contributed by atoms with van der Waals surface area (Å²) in [7, 11) is -4.13. The van der Waals surface area contributed by atoms with Gasteiger partial charge in [0.15, 0.2) is 36.9 Å². The first kappa shape index (κ1) is 30.5. The zero-order chi connectivity index (χ0) is 30.7. The van der Waals surface area contributed by atoms with Crippen molar-refractivity contribution in [3.63, 3.8) is 0 Å². The van der Waals surface area contributed by atoms with Gasteiger partial charge in [-0.15, -0.1) is 0 Å². The molecule has 3 aliphatic heterocycles. The molecule has 3 aliphatic rings. The second kappa shape index (κ2) is 11.4. The van der Waals surface area contributed by atoms with Crippen LogP contribution in [0.5, 0.6) is 0 Å². The number of imidazole rings is 1. The Morgan fingerprint density at radius 1 is 1.12 bits per heavy atom. The van der Waals surface area contributed by atoms with Crippen molar-refractivity contribution in [3.8, 4) is 0 Å². The van der Waals surface area contributed by atoms with Crippen molar-refractivity contribution >= 4 is 43.0 Å². The minimum absolute atomic E-state index is 0.00662. The lowest BCUT2D eigenvalue weighted by atomic mass is 10.1. The number of phosphoric acid groups is 1. The van der Waals surface area contributed by atoms with E-state index in [1.165, 1.54) is 7.11 Å². The first-order valence-corrected chi connectivity index (χ1v) is 17.0. The summed E-state index contributed by atoms with van der Waals surface area (Å²) in [5, 5.41) is 0. The maximum atomic E-state index is 15.8. The van der Waals surface area contributed by atoms with E-state index < -0.39 is 87.4 Å². The van der Waals surface area contributed by atoms with E-state index in [1.807, 2.05) is 4.98 Å². The molecule has 23 heteroatoms. The molecule has 0 saturated carbocycles. The molecule has 3 saturated heterocycles. The van der Waals surface area contributed by atoms with Crippen LogP contribution in [-0.2, 0) is 36.9 Å². The van der Waals surface area contributed by atoms with Crippen molar-refractivity contribution in [2.24, 2.45) is 0 Å². The summed E-state index contributed by atoms with van der Waals surface area (Å²) in [5.41, 5.74) is 4.39. The van der Waals surface area contributed by atoms with Crippen LogP contribution in [0.4, 0.5) is 10.2 Å². The van der Waals surface area contributed by atoms with Crippen LogP contribution in [0.15, 0.2) is 34.5 Å². The van der Waals surface area contributed by atoms with Crippen LogP contribution in [0, 0.1) is 0 Å². The number of fused-ring (bicyclic) bond motifs is 3. The third-order valence-electron chi connectivity index (χ3n) is 6.91. The van der Waals surface area contributed by atoms with E-state index in [0.29, 0.717) is 0 Å². The van der Waals surface area contributed by atoms with Crippen molar-refractivity contribution < 1.29 is 51.1 Å². The monoisotopic (exact) mass is 665 g/mol. The second-order valence-corrected chi connectivity index (χ2v) is 14.7. The Bertz CT molecular complexity index is 1740. The lowest BCUT2D eigenvalue weighted by Gasteiger charge is -2.34. The molecule has 0 spiro atoms. The van der Waals surface area contributed by atoms with Crippen molar-refractivity contribution in [3.05, 3.63) is 45.8 Å². The fourth-order valence-electron chi connectivity index (χ4n) is 4.99. The molecular formula is C20H22FN7O12P2S-2. The molecule has 6 heterocycles. The minimum Gasteiger partial charge on any atom is -0.770 e. The molecule has 2 unspecified atom stereocenters. The highest BCUT2D eigenvalue weighted by Gasteiger charge is 2.52. The second-order valence-electron chi connectivity index (χ2n) is 9.50. The van der Waals surface area contributed by atoms with Gasteiger partial charge in [-0.3, -0.25) is 28.0 Å². The third kappa shape index (κ3) is 5.83. The molecule has 0 aliphatic carbocycles. The predicted molar refractivity (Wildman–Crippen MR) is 138 cm³/mol.